The summed E-state index contributed by atoms with van der Waals surface area (Å²) in [6.07, 6.45) is 4.32. The maximum atomic E-state index is 12.1. The van der Waals surface area contributed by atoms with Gasteiger partial charge in [-0.25, -0.2) is 4.98 Å². The van der Waals surface area contributed by atoms with Gasteiger partial charge in [0.15, 0.2) is 5.78 Å². The first-order chi connectivity index (χ1) is 9.74. The number of benzene rings is 1. The second-order valence-electron chi connectivity index (χ2n) is 5.43. The molecule has 3 heteroatoms. The zero-order chi connectivity index (χ0) is 13.7. The van der Waals surface area contributed by atoms with Crippen LogP contribution in [0.15, 0.2) is 42.7 Å². The van der Waals surface area contributed by atoms with Crippen LogP contribution in [0.25, 0.3) is 22.2 Å². The van der Waals surface area contributed by atoms with Crippen LogP contribution in [-0.4, -0.2) is 15.8 Å². The highest BCUT2D eigenvalue weighted by Gasteiger charge is 2.26. The van der Waals surface area contributed by atoms with E-state index in [1.54, 1.807) is 6.20 Å². The van der Waals surface area contributed by atoms with Gasteiger partial charge < -0.3 is 4.98 Å². The lowest BCUT2D eigenvalue weighted by atomic mass is 9.97. The Labute approximate surface area is 116 Å². The van der Waals surface area contributed by atoms with Gasteiger partial charge in [-0.05, 0) is 40.8 Å². The summed E-state index contributed by atoms with van der Waals surface area (Å²) in [6, 6.07) is 10.3. The number of carbonyl (C=O) groups is 1. The summed E-state index contributed by atoms with van der Waals surface area (Å²) in [7, 11) is 0. The summed E-state index contributed by atoms with van der Waals surface area (Å²) >= 11 is 0. The molecule has 3 aromatic rings. The lowest BCUT2D eigenvalue weighted by Gasteiger charge is -2.07. The third kappa shape index (κ3) is 1.53. The predicted octanol–water partition coefficient (Wildman–Crippen LogP) is 3.92. The average molecular weight is 262 g/mol. The lowest BCUT2D eigenvalue weighted by molar-refractivity contribution is 0.0990. The topological polar surface area (TPSA) is 45.8 Å². The second-order valence-corrected chi connectivity index (χ2v) is 5.43. The minimum atomic E-state index is 0.258. The average Bonchev–Trinajstić information content (AvgIpc) is 3.04. The van der Waals surface area contributed by atoms with E-state index in [0.717, 1.165) is 27.7 Å². The number of pyridine rings is 1. The number of H-pyrrole nitrogens is 1. The molecule has 1 aliphatic carbocycles. The Kier molecular flexibility index (Phi) is 2.30. The fourth-order valence-electron chi connectivity index (χ4n) is 3.11. The van der Waals surface area contributed by atoms with Crippen molar-refractivity contribution in [2.45, 2.75) is 19.3 Å². The molecule has 1 unspecified atom stereocenters. The van der Waals surface area contributed by atoms with Gasteiger partial charge in [-0.2, -0.15) is 0 Å². The SMILES string of the molecule is CC1CC(=O)c2cc(-c3ccnc4[nH]ccc34)ccc21. The van der Waals surface area contributed by atoms with Crippen LogP contribution >= 0.6 is 0 Å². The van der Waals surface area contributed by atoms with Gasteiger partial charge in [-0.1, -0.05) is 19.1 Å². The highest BCUT2D eigenvalue weighted by atomic mass is 16.1. The number of carbonyl (C=O) groups excluding carboxylic acids is 1. The van der Waals surface area contributed by atoms with Crippen LogP contribution in [0.3, 0.4) is 0 Å². The number of aromatic amines is 1. The Hall–Kier alpha value is -2.42. The highest BCUT2D eigenvalue weighted by molar-refractivity contribution is 6.03. The minimum absolute atomic E-state index is 0.258. The molecule has 0 fully saturated rings. The third-order valence-corrected chi connectivity index (χ3v) is 4.15. The first-order valence-electron chi connectivity index (χ1n) is 6.83. The van der Waals surface area contributed by atoms with Crippen LogP contribution in [0.4, 0.5) is 0 Å². The molecule has 2 aromatic heterocycles. The van der Waals surface area contributed by atoms with E-state index in [0.29, 0.717) is 12.3 Å². The van der Waals surface area contributed by atoms with Crippen molar-refractivity contribution in [3.05, 3.63) is 53.9 Å². The summed E-state index contributed by atoms with van der Waals surface area (Å²) in [4.78, 5) is 19.5. The van der Waals surface area contributed by atoms with Gasteiger partial charge in [0.05, 0.1) is 0 Å². The molecule has 0 bridgehead atoms. The third-order valence-electron chi connectivity index (χ3n) is 4.15. The van der Waals surface area contributed by atoms with Gasteiger partial charge in [0.1, 0.15) is 5.65 Å². The Balaban J connectivity index is 1.94. The van der Waals surface area contributed by atoms with Crippen molar-refractivity contribution >= 4 is 16.8 Å². The molecular weight excluding hydrogens is 248 g/mol. The summed E-state index contributed by atoms with van der Waals surface area (Å²) in [5, 5.41) is 1.09. The predicted molar refractivity (Wildman–Crippen MR) is 78.9 cm³/mol. The minimum Gasteiger partial charge on any atom is -0.346 e. The van der Waals surface area contributed by atoms with Crippen LogP contribution in [0.2, 0.25) is 0 Å². The van der Waals surface area contributed by atoms with Gasteiger partial charge >= 0.3 is 0 Å². The molecule has 1 aromatic carbocycles. The van der Waals surface area contributed by atoms with E-state index in [-0.39, 0.29) is 5.78 Å². The van der Waals surface area contributed by atoms with Crippen LogP contribution in [0.5, 0.6) is 0 Å². The molecule has 1 atom stereocenters. The molecule has 1 aliphatic rings. The number of rotatable bonds is 1. The molecular formula is C17H14N2O. The molecule has 0 saturated carbocycles. The molecule has 1 N–H and O–H groups in total. The van der Waals surface area contributed by atoms with E-state index in [2.05, 4.69) is 29.0 Å². The number of aromatic nitrogens is 2. The van der Waals surface area contributed by atoms with Gasteiger partial charge in [-0.3, -0.25) is 4.79 Å². The van der Waals surface area contributed by atoms with E-state index >= 15 is 0 Å². The van der Waals surface area contributed by atoms with Crippen molar-refractivity contribution in [3.63, 3.8) is 0 Å². The van der Waals surface area contributed by atoms with E-state index < -0.39 is 0 Å². The molecule has 0 spiro atoms. The summed E-state index contributed by atoms with van der Waals surface area (Å²) in [6.45, 7) is 2.11. The maximum absolute atomic E-state index is 12.1. The van der Waals surface area contributed by atoms with E-state index in [1.807, 2.05) is 24.4 Å². The zero-order valence-electron chi connectivity index (χ0n) is 11.2. The number of hydrogen-bond donors (Lipinski definition) is 1. The number of nitrogens with zero attached hydrogens (tertiary/aromatic N) is 1. The van der Waals surface area contributed by atoms with Crippen molar-refractivity contribution in [2.24, 2.45) is 0 Å². The van der Waals surface area contributed by atoms with Crippen LogP contribution in [0.1, 0.15) is 35.2 Å². The molecule has 2 heterocycles. The number of Topliss-reactive ketones (excluding diaryl/α,β-unsaturated/α-hetero) is 1. The number of hydrogen-bond acceptors (Lipinski definition) is 2. The molecule has 0 aliphatic heterocycles. The Morgan fingerprint density at radius 3 is 3.00 bits per heavy atom. The molecule has 98 valence electrons. The Bertz CT molecular complexity index is 832. The van der Waals surface area contributed by atoms with Crippen molar-refractivity contribution in [1.29, 1.82) is 0 Å². The van der Waals surface area contributed by atoms with Gasteiger partial charge in [0, 0.05) is 29.8 Å². The molecule has 20 heavy (non-hydrogen) atoms. The van der Waals surface area contributed by atoms with Gasteiger partial charge in [0.25, 0.3) is 0 Å². The summed E-state index contributed by atoms with van der Waals surface area (Å²) < 4.78 is 0. The largest absolute Gasteiger partial charge is 0.346 e. The summed E-state index contributed by atoms with van der Waals surface area (Å²) in [5.74, 6) is 0.602. The van der Waals surface area contributed by atoms with Gasteiger partial charge in [-0.15, -0.1) is 0 Å². The fourth-order valence-corrected chi connectivity index (χ4v) is 3.11. The van der Waals surface area contributed by atoms with Crippen molar-refractivity contribution in [3.8, 4) is 11.1 Å². The molecule has 0 amide bonds. The number of fused-ring (bicyclic) bond motifs is 2. The smallest absolute Gasteiger partial charge is 0.163 e. The second kappa shape index (κ2) is 4.04. The van der Waals surface area contributed by atoms with Crippen LogP contribution in [-0.2, 0) is 0 Å². The van der Waals surface area contributed by atoms with Crippen molar-refractivity contribution in [1.82, 2.24) is 9.97 Å². The quantitative estimate of drug-likeness (QED) is 0.722. The lowest BCUT2D eigenvalue weighted by Crippen LogP contribution is -1.92. The van der Waals surface area contributed by atoms with Crippen molar-refractivity contribution in [2.75, 3.05) is 0 Å². The first kappa shape index (κ1) is 11.4. The first-order valence-corrected chi connectivity index (χ1v) is 6.83. The molecule has 0 saturated heterocycles. The Morgan fingerprint density at radius 1 is 1.20 bits per heavy atom. The standard InChI is InChI=1S/C17H14N2O/c1-10-8-16(20)15-9-11(2-3-12(10)15)13-4-6-18-17-14(13)5-7-19-17/h2-7,9-10H,8H2,1H3,(H,18,19). The van der Waals surface area contributed by atoms with Gasteiger partial charge in [0.2, 0.25) is 0 Å². The monoisotopic (exact) mass is 262 g/mol. The summed E-state index contributed by atoms with van der Waals surface area (Å²) in [5.41, 5.74) is 5.14. The maximum Gasteiger partial charge on any atom is 0.163 e. The Morgan fingerprint density at radius 2 is 2.10 bits per heavy atom. The van der Waals surface area contributed by atoms with Crippen molar-refractivity contribution < 1.29 is 4.79 Å². The normalized spacial score (nSPS) is 17.6. The molecule has 4 rings (SSSR count). The zero-order valence-corrected chi connectivity index (χ0v) is 11.2. The molecule has 3 nitrogen and oxygen atoms in total. The highest BCUT2D eigenvalue weighted by Crippen LogP contribution is 2.36. The van der Waals surface area contributed by atoms with Crippen LogP contribution < -0.4 is 0 Å². The number of ketones is 1. The number of nitrogens with one attached hydrogen (secondary N) is 1. The van der Waals surface area contributed by atoms with Crippen LogP contribution in [0, 0.1) is 0 Å². The molecule has 0 radical (unpaired) electrons. The van der Waals surface area contributed by atoms with E-state index in [9.17, 15) is 4.79 Å². The van der Waals surface area contributed by atoms with E-state index in [1.165, 1.54) is 5.56 Å². The van der Waals surface area contributed by atoms with E-state index in [4.69, 9.17) is 0 Å². The fraction of sp³-hybridized carbons (Fsp3) is 0.176.